The van der Waals surface area contributed by atoms with Gasteiger partial charge in [-0.05, 0) is 31.5 Å². The summed E-state index contributed by atoms with van der Waals surface area (Å²) in [5, 5.41) is 8.23. The van der Waals surface area contributed by atoms with Gasteiger partial charge < -0.3 is 10.0 Å². The fourth-order valence-corrected chi connectivity index (χ4v) is 2.99. The number of carboxylic acid groups (broad SMARTS) is 1. The highest BCUT2D eigenvalue weighted by molar-refractivity contribution is 9.10. The Kier molecular flexibility index (Phi) is 6.55. The van der Waals surface area contributed by atoms with Crippen molar-refractivity contribution in [3.05, 3.63) is 34.3 Å². The Labute approximate surface area is 138 Å². The first-order chi connectivity index (χ1) is 10.1. The quantitative estimate of drug-likeness (QED) is 0.763. The molecule has 0 bridgehead atoms. The third-order valence-corrected chi connectivity index (χ3v) is 5.56. The molecule has 0 saturated carbocycles. The van der Waals surface area contributed by atoms with E-state index in [1.54, 1.807) is 24.3 Å². The molecule has 1 amide bonds. The van der Waals surface area contributed by atoms with E-state index in [9.17, 15) is 18.0 Å². The van der Waals surface area contributed by atoms with E-state index in [4.69, 9.17) is 5.11 Å². The molecule has 0 fully saturated rings. The molecule has 6 nitrogen and oxygen atoms in total. The van der Waals surface area contributed by atoms with Gasteiger partial charge in [0.2, 0.25) is 5.91 Å². The predicted octanol–water partition coefficient (Wildman–Crippen LogP) is 1.69. The molecule has 122 valence electrons. The van der Waals surface area contributed by atoms with Crippen molar-refractivity contribution >= 4 is 37.6 Å². The average molecular weight is 392 g/mol. The summed E-state index contributed by atoms with van der Waals surface area (Å²) < 4.78 is 24.5. The molecule has 0 spiro atoms. The third kappa shape index (κ3) is 5.76. The van der Waals surface area contributed by atoms with Gasteiger partial charge in [0, 0.05) is 11.0 Å². The van der Waals surface area contributed by atoms with Gasteiger partial charge in [0.25, 0.3) is 0 Å². The maximum Gasteiger partial charge on any atom is 0.323 e. The summed E-state index contributed by atoms with van der Waals surface area (Å²) in [6, 6.07) is 7.05. The smallest absolute Gasteiger partial charge is 0.323 e. The van der Waals surface area contributed by atoms with Gasteiger partial charge in [0.05, 0.1) is 5.25 Å². The fraction of sp³-hybridized carbons (Fsp3) is 0.429. The number of carbonyl (C=O) groups is 2. The summed E-state index contributed by atoms with van der Waals surface area (Å²) in [7, 11) is -3.57. The topological polar surface area (TPSA) is 91.8 Å². The second-order valence-corrected chi connectivity index (χ2v) is 8.60. The standard InChI is InChI=1S/C14H18BrNO5S/c1-10(2)22(20,21)9-13(17)16(8-14(18)19)7-11-4-3-5-12(15)6-11/h3-6,10H,7-9H2,1-2H3,(H,18,19). The molecule has 1 N–H and O–H groups in total. The molecule has 1 aromatic carbocycles. The molecule has 1 aromatic rings. The zero-order valence-electron chi connectivity index (χ0n) is 12.3. The minimum absolute atomic E-state index is 0.0399. The summed E-state index contributed by atoms with van der Waals surface area (Å²) in [5.74, 6) is -2.59. The molecule has 0 radical (unpaired) electrons. The van der Waals surface area contributed by atoms with Crippen LogP contribution in [-0.4, -0.2) is 47.8 Å². The molecular formula is C14H18BrNO5S. The molecule has 8 heteroatoms. The molecule has 0 saturated heterocycles. The van der Waals surface area contributed by atoms with E-state index in [1.807, 2.05) is 0 Å². The van der Waals surface area contributed by atoms with Crippen LogP contribution in [0.2, 0.25) is 0 Å². The largest absolute Gasteiger partial charge is 0.480 e. The van der Waals surface area contributed by atoms with E-state index >= 15 is 0 Å². The van der Waals surface area contributed by atoms with Crippen molar-refractivity contribution < 1.29 is 23.1 Å². The van der Waals surface area contributed by atoms with Crippen LogP contribution in [0.5, 0.6) is 0 Å². The van der Waals surface area contributed by atoms with E-state index in [0.29, 0.717) is 5.56 Å². The molecule has 22 heavy (non-hydrogen) atoms. The first-order valence-corrected chi connectivity index (χ1v) is 9.08. The number of carbonyl (C=O) groups excluding carboxylic acids is 1. The molecule has 0 aliphatic carbocycles. The Hall–Kier alpha value is -1.41. The zero-order chi connectivity index (χ0) is 16.9. The van der Waals surface area contributed by atoms with Crippen LogP contribution in [0.25, 0.3) is 0 Å². The number of benzene rings is 1. The minimum atomic E-state index is -3.57. The lowest BCUT2D eigenvalue weighted by Gasteiger charge is -2.21. The normalized spacial score (nSPS) is 11.5. The SMILES string of the molecule is CC(C)S(=O)(=O)CC(=O)N(CC(=O)O)Cc1cccc(Br)c1. The minimum Gasteiger partial charge on any atom is -0.480 e. The summed E-state index contributed by atoms with van der Waals surface area (Å²) in [4.78, 5) is 24.1. The van der Waals surface area contributed by atoms with Gasteiger partial charge in [-0.15, -0.1) is 0 Å². The van der Waals surface area contributed by atoms with Crippen LogP contribution in [0.1, 0.15) is 19.4 Å². The molecule has 0 unspecified atom stereocenters. The fourth-order valence-electron chi connectivity index (χ4n) is 1.68. The highest BCUT2D eigenvalue weighted by Crippen LogP contribution is 2.14. The lowest BCUT2D eigenvalue weighted by atomic mass is 10.2. The van der Waals surface area contributed by atoms with Crippen LogP contribution in [0, 0.1) is 0 Å². The third-order valence-electron chi connectivity index (χ3n) is 2.98. The average Bonchev–Trinajstić information content (AvgIpc) is 2.36. The van der Waals surface area contributed by atoms with Crippen molar-refractivity contribution in [3.8, 4) is 0 Å². The summed E-state index contributed by atoms with van der Waals surface area (Å²) in [6.45, 7) is 2.47. The number of aliphatic carboxylic acids is 1. The number of sulfone groups is 1. The van der Waals surface area contributed by atoms with Gasteiger partial charge in [0.1, 0.15) is 12.3 Å². The van der Waals surface area contributed by atoms with Gasteiger partial charge in [-0.25, -0.2) is 8.42 Å². The number of halogens is 1. The second kappa shape index (κ2) is 7.73. The van der Waals surface area contributed by atoms with Crippen LogP contribution in [0.4, 0.5) is 0 Å². The lowest BCUT2D eigenvalue weighted by molar-refractivity contribution is -0.143. The maximum absolute atomic E-state index is 12.2. The molecule has 0 aliphatic heterocycles. The highest BCUT2D eigenvalue weighted by Gasteiger charge is 2.25. The highest BCUT2D eigenvalue weighted by atomic mass is 79.9. The molecule has 0 atom stereocenters. The Morgan fingerprint density at radius 1 is 1.32 bits per heavy atom. The second-order valence-electron chi connectivity index (χ2n) is 5.13. The Morgan fingerprint density at radius 2 is 1.95 bits per heavy atom. The Morgan fingerprint density at radius 3 is 2.45 bits per heavy atom. The van der Waals surface area contributed by atoms with Crippen molar-refractivity contribution in [2.75, 3.05) is 12.3 Å². The van der Waals surface area contributed by atoms with E-state index in [-0.39, 0.29) is 6.54 Å². The first-order valence-electron chi connectivity index (χ1n) is 6.57. The van der Waals surface area contributed by atoms with Gasteiger partial charge in [0.15, 0.2) is 9.84 Å². The van der Waals surface area contributed by atoms with E-state index in [0.717, 1.165) is 9.37 Å². The number of rotatable bonds is 7. The predicted molar refractivity (Wildman–Crippen MR) is 86.1 cm³/mol. The maximum atomic E-state index is 12.2. The molecular weight excluding hydrogens is 374 g/mol. The van der Waals surface area contributed by atoms with Crippen molar-refractivity contribution in [3.63, 3.8) is 0 Å². The molecule has 0 heterocycles. The number of hydrogen-bond donors (Lipinski definition) is 1. The van der Waals surface area contributed by atoms with E-state index in [2.05, 4.69) is 15.9 Å². The zero-order valence-corrected chi connectivity index (χ0v) is 14.7. The van der Waals surface area contributed by atoms with Crippen LogP contribution in [0.15, 0.2) is 28.7 Å². The van der Waals surface area contributed by atoms with Gasteiger partial charge >= 0.3 is 5.97 Å². The van der Waals surface area contributed by atoms with Gasteiger partial charge in [-0.2, -0.15) is 0 Å². The summed E-state index contributed by atoms with van der Waals surface area (Å²) in [6.07, 6.45) is 0. The number of hydrogen-bond acceptors (Lipinski definition) is 4. The molecule has 0 aliphatic rings. The van der Waals surface area contributed by atoms with Gasteiger partial charge in [-0.1, -0.05) is 28.1 Å². The Bertz CT molecular complexity index is 657. The number of amides is 1. The van der Waals surface area contributed by atoms with Crippen molar-refractivity contribution in [2.24, 2.45) is 0 Å². The number of nitrogens with zero attached hydrogens (tertiary/aromatic N) is 1. The van der Waals surface area contributed by atoms with Crippen LogP contribution in [-0.2, 0) is 26.0 Å². The van der Waals surface area contributed by atoms with Crippen molar-refractivity contribution in [1.82, 2.24) is 4.90 Å². The van der Waals surface area contributed by atoms with Gasteiger partial charge in [-0.3, -0.25) is 9.59 Å². The summed E-state index contributed by atoms with van der Waals surface area (Å²) >= 11 is 3.29. The van der Waals surface area contributed by atoms with Crippen LogP contribution < -0.4 is 0 Å². The monoisotopic (exact) mass is 391 g/mol. The van der Waals surface area contributed by atoms with Crippen molar-refractivity contribution in [2.45, 2.75) is 25.6 Å². The van der Waals surface area contributed by atoms with E-state index < -0.39 is 39.3 Å². The first kappa shape index (κ1) is 18.6. The van der Waals surface area contributed by atoms with Crippen molar-refractivity contribution in [1.29, 1.82) is 0 Å². The molecule has 1 rings (SSSR count). The van der Waals surface area contributed by atoms with Crippen LogP contribution >= 0.6 is 15.9 Å². The lowest BCUT2D eigenvalue weighted by Crippen LogP contribution is -2.40. The van der Waals surface area contributed by atoms with Crippen LogP contribution in [0.3, 0.4) is 0 Å². The Balaban J connectivity index is 2.93. The summed E-state index contributed by atoms with van der Waals surface area (Å²) in [5.41, 5.74) is 0.714. The number of carboxylic acids is 1. The molecule has 0 aromatic heterocycles. The van der Waals surface area contributed by atoms with E-state index in [1.165, 1.54) is 13.8 Å².